The van der Waals surface area contributed by atoms with Crippen LogP contribution in [0.1, 0.15) is 0 Å². The summed E-state index contributed by atoms with van der Waals surface area (Å²) >= 11 is 0. The minimum atomic E-state index is 0. The van der Waals surface area contributed by atoms with E-state index in [4.69, 9.17) is 0 Å². The molecule has 0 rings (SSSR count). The molecular formula is CH5BClNNa. The Balaban J connectivity index is -0.00000000167. The number of rotatable bonds is 0. The summed E-state index contributed by atoms with van der Waals surface area (Å²) in [5.74, 6) is 0. The predicted molar refractivity (Wildman–Crippen MR) is 15.9 cm³/mol. The van der Waals surface area contributed by atoms with Gasteiger partial charge in [-0.1, -0.05) is 0 Å². The van der Waals surface area contributed by atoms with Gasteiger partial charge in [0, 0.05) is 8.41 Å². The van der Waals surface area contributed by atoms with Gasteiger partial charge in [0.25, 0.3) is 0 Å². The summed E-state index contributed by atoms with van der Waals surface area (Å²) < 4.78 is 0. The van der Waals surface area contributed by atoms with Gasteiger partial charge in [0.1, 0.15) is 0 Å². The first-order valence-corrected chi connectivity index (χ1v) is 0.577. The van der Waals surface area contributed by atoms with Crippen molar-refractivity contribution >= 4 is 8.41 Å². The molecule has 0 aromatic heterocycles. The van der Waals surface area contributed by atoms with Crippen LogP contribution in [0.15, 0.2) is 0 Å². The van der Waals surface area contributed by atoms with Crippen LogP contribution in [-0.4, -0.2) is 15.5 Å². The maximum absolute atomic E-state index is 4.50. The van der Waals surface area contributed by atoms with E-state index in [1.54, 1.807) is 0 Å². The molecule has 0 unspecified atom stereocenters. The SMILES string of the molecule is CN.[B].[Cl-].[Na+]. The van der Waals surface area contributed by atoms with E-state index in [-0.39, 0.29) is 50.4 Å². The molecule has 3 radical (unpaired) electrons. The molecule has 0 heterocycles. The molecule has 4 heteroatoms. The number of hydrogen-bond donors (Lipinski definition) is 1. The number of hydrogen-bond acceptors (Lipinski definition) is 1. The second-order valence-electron chi connectivity index (χ2n) is 0. The van der Waals surface area contributed by atoms with Crippen LogP contribution in [0.25, 0.3) is 0 Å². The van der Waals surface area contributed by atoms with Crippen LogP contribution in [0.2, 0.25) is 0 Å². The molecule has 0 amide bonds. The number of halogens is 1. The van der Waals surface area contributed by atoms with Crippen LogP contribution < -0.4 is 47.7 Å². The average Bonchev–Trinajstić information content (AvgIpc) is 1.00. The Morgan fingerprint density at radius 3 is 1.20 bits per heavy atom. The molecule has 0 atom stereocenters. The Morgan fingerprint density at radius 1 is 1.20 bits per heavy atom. The summed E-state index contributed by atoms with van der Waals surface area (Å²) in [5.41, 5.74) is 4.50. The molecule has 0 aromatic carbocycles. The third-order valence-corrected chi connectivity index (χ3v) is 0. The first-order chi connectivity index (χ1) is 1.00. The Labute approximate surface area is 63.0 Å². The van der Waals surface area contributed by atoms with E-state index in [1.165, 1.54) is 7.05 Å². The van der Waals surface area contributed by atoms with Crippen LogP contribution in [0.3, 0.4) is 0 Å². The van der Waals surface area contributed by atoms with Crippen LogP contribution in [-0.2, 0) is 0 Å². The molecule has 0 saturated carbocycles. The molecule has 5 heavy (non-hydrogen) atoms. The molecule has 0 aliphatic heterocycles. The maximum Gasteiger partial charge on any atom is 1.00 e. The van der Waals surface area contributed by atoms with Gasteiger partial charge < -0.3 is 18.1 Å². The normalized spacial score (nSPS) is 1.20. The zero-order valence-electron chi connectivity index (χ0n) is 3.53. The van der Waals surface area contributed by atoms with Crippen molar-refractivity contribution in [2.24, 2.45) is 5.73 Å². The van der Waals surface area contributed by atoms with E-state index in [2.05, 4.69) is 5.73 Å². The Bertz CT molecular complexity index is 11.6. The predicted octanol–water partition coefficient (Wildman–Crippen LogP) is -6.80. The second-order valence-corrected chi connectivity index (χ2v) is 0. The molecule has 0 aromatic rings. The van der Waals surface area contributed by atoms with Crippen LogP contribution in [0, 0.1) is 0 Å². The maximum atomic E-state index is 4.50. The summed E-state index contributed by atoms with van der Waals surface area (Å²) in [7, 11) is 1.50. The first-order valence-electron chi connectivity index (χ1n) is 0.577. The Morgan fingerprint density at radius 2 is 1.20 bits per heavy atom. The fourth-order valence-corrected chi connectivity index (χ4v) is 0. The number of nitrogens with two attached hydrogens (primary N) is 1. The summed E-state index contributed by atoms with van der Waals surface area (Å²) in [4.78, 5) is 0. The summed E-state index contributed by atoms with van der Waals surface area (Å²) in [6.07, 6.45) is 0. The standard InChI is InChI=1S/CH5N.B.ClH.Na/c1-2;;;/h2H2,1H3;;1H;/q;;;+1/p-1. The summed E-state index contributed by atoms with van der Waals surface area (Å²) in [6, 6.07) is 0. The Kier molecular flexibility index (Phi) is 381. The van der Waals surface area contributed by atoms with Crippen LogP contribution in [0.5, 0.6) is 0 Å². The molecule has 0 fully saturated rings. The Hall–Kier alpha value is 1.31. The molecule has 0 aliphatic carbocycles. The van der Waals surface area contributed by atoms with E-state index >= 15 is 0 Å². The van der Waals surface area contributed by atoms with Gasteiger partial charge in [0.2, 0.25) is 0 Å². The molecular weight excluding hydrogens is 95.3 g/mol. The van der Waals surface area contributed by atoms with Crippen molar-refractivity contribution in [3.8, 4) is 0 Å². The van der Waals surface area contributed by atoms with Gasteiger partial charge in [-0.05, 0) is 7.05 Å². The van der Waals surface area contributed by atoms with Crippen molar-refractivity contribution in [1.82, 2.24) is 0 Å². The third kappa shape index (κ3) is 33.8. The van der Waals surface area contributed by atoms with Gasteiger partial charge in [-0.2, -0.15) is 0 Å². The van der Waals surface area contributed by atoms with E-state index < -0.39 is 0 Å². The topological polar surface area (TPSA) is 26.0 Å². The smallest absolute Gasteiger partial charge is 1.00 e. The van der Waals surface area contributed by atoms with E-state index in [0.717, 1.165) is 0 Å². The summed E-state index contributed by atoms with van der Waals surface area (Å²) in [6.45, 7) is 0. The van der Waals surface area contributed by atoms with Gasteiger partial charge in [0.05, 0.1) is 0 Å². The largest absolute Gasteiger partial charge is 1.00 e. The van der Waals surface area contributed by atoms with Crippen molar-refractivity contribution in [3.05, 3.63) is 0 Å². The quantitative estimate of drug-likeness (QED) is 0.301. The first kappa shape index (κ1) is 33.3. The molecule has 0 spiro atoms. The van der Waals surface area contributed by atoms with E-state index in [9.17, 15) is 0 Å². The van der Waals surface area contributed by atoms with Crippen molar-refractivity contribution < 1.29 is 42.0 Å². The summed E-state index contributed by atoms with van der Waals surface area (Å²) in [5, 5.41) is 0. The molecule has 0 saturated heterocycles. The van der Waals surface area contributed by atoms with Gasteiger partial charge in [-0.3, -0.25) is 0 Å². The van der Waals surface area contributed by atoms with Gasteiger partial charge in [-0.25, -0.2) is 0 Å². The van der Waals surface area contributed by atoms with Crippen molar-refractivity contribution in [2.45, 2.75) is 0 Å². The molecule has 2 N–H and O–H groups in total. The van der Waals surface area contributed by atoms with Gasteiger partial charge >= 0.3 is 29.6 Å². The monoisotopic (exact) mass is 100 g/mol. The van der Waals surface area contributed by atoms with Crippen LogP contribution >= 0.6 is 0 Å². The fourth-order valence-electron chi connectivity index (χ4n) is 0. The van der Waals surface area contributed by atoms with Gasteiger partial charge in [0.15, 0.2) is 0 Å². The zero-order chi connectivity index (χ0) is 2.00. The molecule has 1 nitrogen and oxygen atoms in total. The third-order valence-electron chi connectivity index (χ3n) is 0. The molecule has 0 aliphatic rings. The minimum Gasteiger partial charge on any atom is -1.00 e. The van der Waals surface area contributed by atoms with E-state index in [0.29, 0.717) is 0 Å². The average molecular weight is 100 g/mol. The van der Waals surface area contributed by atoms with Crippen LogP contribution in [0.4, 0.5) is 0 Å². The van der Waals surface area contributed by atoms with Crippen molar-refractivity contribution in [1.29, 1.82) is 0 Å². The van der Waals surface area contributed by atoms with E-state index in [1.807, 2.05) is 0 Å². The fraction of sp³-hybridized carbons (Fsp3) is 1.00. The minimum absolute atomic E-state index is 0. The van der Waals surface area contributed by atoms with Gasteiger partial charge in [-0.15, -0.1) is 0 Å². The molecule has 0 bridgehead atoms. The zero-order valence-corrected chi connectivity index (χ0v) is 6.29. The van der Waals surface area contributed by atoms with Crippen molar-refractivity contribution in [3.63, 3.8) is 0 Å². The molecule has 25 valence electrons. The van der Waals surface area contributed by atoms with Crippen molar-refractivity contribution in [2.75, 3.05) is 7.05 Å². The second kappa shape index (κ2) is 57.2.